The SMILES string of the molecule is CCNC(=O)[C@@H](C)N(Cc1cccc(C)c1)C(=O)CCCN(c1ccc(OC)c(Cl)c1)S(C)(=O)=O. The summed E-state index contributed by atoms with van der Waals surface area (Å²) in [6.45, 7) is 6.31. The number of nitrogens with zero attached hydrogens (tertiary/aromatic N) is 2. The fourth-order valence-corrected chi connectivity index (χ4v) is 4.94. The molecular formula is C25H34ClN3O5S. The number of ether oxygens (including phenoxy) is 1. The molecule has 0 aliphatic carbocycles. The highest BCUT2D eigenvalue weighted by atomic mass is 35.5. The molecule has 0 unspecified atom stereocenters. The number of hydrogen-bond donors (Lipinski definition) is 1. The summed E-state index contributed by atoms with van der Waals surface area (Å²) >= 11 is 6.18. The number of sulfonamides is 1. The normalized spacial score (nSPS) is 12.1. The number of halogens is 1. The van der Waals surface area contributed by atoms with E-state index in [1.807, 2.05) is 38.1 Å². The number of amides is 2. The zero-order valence-corrected chi connectivity index (χ0v) is 22.4. The van der Waals surface area contributed by atoms with E-state index in [0.717, 1.165) is 17.4 Å². The van der Waals surface area contributed by atoms with Gasteiger partial charge in [0, 0.05) is 26.1 Å². The molecule has 0 aromatic heterocycles. The highest BCUT2D eigenvalue weighted by molar-refractivity contribution is 7.92. The zero-order chi connectivity index (χ0) is 26.2. The van der Waals surface area contributed by atoms with Crippen LogP contribution in [0.1, 0.15) is 37.8 Å². The molecule has 2 aromatic rings. The lowest BCUT2D eigenvalue weighted by Gasteiger charge is -2.29. The van der Waals surface area contributed by atoms with Gasteiger partial charge < -0.3 is 15.0 Å². The Bertz CT molecular complexity index is 1140. The van der Waals surface area contributed by atoms with Crippen LogP contribution in [0.5, 0.6) is 5.75 Å². The van der Waals surface area contributed by atoms with E-state index in [2.05, 4.69) is 5.32 Å². The molecule has 0 bridgehead atoms. The van der Waals surface area contributed by atoms with Gasteiger partial charge in [-0.15, -0.1) is 0 Å². The highest BCUT2D eigenvalue weighted by Gasteiger charge is 2.26. The van der Waals surface area contributed by atoms with Crippen molar-refractivity contribution in [2.75, 3.05) is 30.8 Å². The van der Waals surface area contributed by atoms with Crippen LogP contribution in [-0.2, 0) is 26.2 Å². The van der Waals surface area contributed by atoms with Gasteiger partial charge in [0.25, 0.3) is 0 Å². The van der Waals surface area contributed by atoms with Crippen molar-refractivity contribution in [3.05, 3.63) is 58.6 Å². The minimum Gasteiger partial charge on any atom is -0.495 e. The number of benzene rings is 2. The Morgan fingerprint density at radius 2 is 1.89 bits per heavy atom. The summed E-state index contributed by atoms with van der Waals surface area (Å²) in [4.78, 5) is 27.3. The largest absolute Gasteiger partial charge is 0.495 e. The van der Waals surface area contributed by atoms with Gasteiger partial charge in [-0.1, -0.05) is 41.4 Å². The van der Waals surface area contributed by atoms with E-state index >= 15 is 0 Å². The average molecular weight is 524 g/mol. The molecule has 2 aromatic carbocycles. The second-order valence-corrected chi connectivity index (χ2v) is 10.7. The quantitative estimate of drug-likeness (QED) is 0.457. The molecule has 0 radical (unpaired) electrons. The lowest BCUT2D eigenvalue weighted by molar-refractivity contribution is -0.140. The number of aryl methyl sites for hydroxylation is 1. The summed E-state index contributed by atoms with van der Waals surface area (Å²) in [6, 6.07) is 11.8. The van der Waals surface area contributed by atoms with Crippen molar-refractivity contribution in [1.82, 2.24) is 10.2 Å². The van der Waals surface area contributed by atoms with Gasteiger partial charge in [-0.25, -0.2) is 8.42 Å². The second kappa shape index (κ2) is 12.8. The first-order valence-corrected chi connectivity index (χ1v) is 13.6. The molecule has 2 rings (SSSR count). The first kappa shape index (κ1) is 28.5. The molecule has 0 saturated heterocycles. The van der Waals surface area contributed by atoms with Gasteiger partial charge in [0.15, 0.2) is 0 Å². The number of methoxy groups -OCH3 is 1. The molecule has 0 spiro atoms. The van der Waals surface area contributed by atoms with Crippen LogP contribution in [-0.4, -0.2) is 57.6 Å². The van der Waals surface area contributed by atoms with Crippen LogP contribution in [0, 0.1) is 6.92 Å². The van der Waals surface area contributed by atoms with Crippen molar-refractivity contribution in [3.63, 3.8) is 0 Å². The molecule has 0 heterocycles. The summed E-state index contributed by atoms with van der Waals surface area (Å²) < 4.78 is 31.3. The number of hydrogen-bond acceptors (Lipinski definition) is 5. The minimum absolute atomic E-state index is 0.0749. The monoisotopic (exact) mass is 523 g/mol. The van der Waals surface area contributed by atoms with E-state index in [4.69, 9.17) is 16.3 Å². The maximum absolute atomic E-state index is 13.2. The average Bonchev–Trinajstić information content (AvgIpc) is 2.79. The first-order valence-electron chi connectivity index (χ1n) is 11.4. The Hall–Kier alpha value is -2.78. The topological polar surface area (TPSA) is 96.0 Å². The third-order valence-electron chi connectivity index (χ3n) is 5.53. The molecular weight excluding hydrogens is 490 g/mol. The predicted octanol–water partition coefficient (Wildman–Crippen LogP) is 3.76. The molecule has 0 saturated carbocycles. The van der Waals surface area contributed by atoms with Crippen LogP contribution in [0.25, 0.3) is 0 Å². The third kappa shape index (κ3) is 8.14. The second-order valence-electron chi connectivity index (χ2n) is 8.34. The molecule has 192 valence electrons. The van der Waals surface area contributed by atoms with Gasteiger partial charge in [-0.3, -0.25) is 13.9 Å². The molecule has 0 aliphatic rings. The molecule has 8 nitrogen and oxygen atoms in total. The summed E-state index contributed by atoms with van der Waals surface area (Å²) in [5, 5.41) is 3.05. The van der Waals surface area contributed by atoms with Gasteiger partial charge in [0.2, 0.25) is 21.8 Å². The van der Waals surface area contributed by atoms with Crippen LogP contribution in [0.15, 0.2) is 42.5 Å². The lowest BCUT2D eigenvalue weighted by atomic mass is 10.1. The van der Waals surface area contributed by atoms with Crippen molar-refractivity contribution in [2.45, 2.75) is 46.2 Å². The smallest absolute Gasteiger partial charge is 0.242 e. The summed E-state index contributed by atoms with van der Waals surface area (Å²) in [5.41, 5.74) is 2.36. The molecule has 2 amide bonds. The molecule has 1 atom stereocenters. The number of carbonyl (C=O) groups excluding carboxylic acids is 2. The van der Waals surface area contributed by atoms with Gasteiger partial charge in [0.1, 0.15) is 11.8 Å². The van der Waals surface area contributed by atoms with E-state index < -0.39 is 16.1 Å². The van der Waals surface area contributed by atoms with E-state index in [-0.39, 0.29) is 42.8 Å². The Morgan fingerprint density at radius 1 is 1.17 bits per heavy atom. The van der Waals surface area contributed by atoms with E-state index in [0.29, 0.717) is 18.0 Å². The standard InChI is InChI=1S/C25H34ClN3O5S/c1-6-27-25(31)19(3)28(17-20-10-7-9-18(2)15-20)24(30)11-8-14-29(35(5,32)33)21-12-13-23(34-4)22(26)16-21/h7,9-10,12-13,15-16,19H,6,8,11,14,17H2,1-5H3,(H,27,31)/t19-/m1/s1. The van der Waals surface area contributed by atoms with E-state index in [1.165, 1.54) is 22.4 Å². The molecule has 0 aliphatic heterocycles. The molecule has 35 heavy (non-hydrogen) atoms. The van der Waals surface area contributed by atoms with Gasteiger partial charge >= 0.3 is 0 Å². The van der Waals surface area contributed by atoms with Gasteiger partial charge in [0.05, 0.1) is 24.1 Å². The van der Waals surface area contributed by atoms with E-state index in [9.17, 15) is 18.0 Å². The van der Waals surface area contributed by atoms with Crippen LogP contribution >= 0.6 is 11.6 Å². The Morgan fingerprint density at radius 3 is 2.46 bits per heavy atom. The van der Waals surface area contributed by atoms with Crippen LogP contribution in [0.2, 0.25) is 5.02 Å². The molecule has 0 fully saturated rings. The fraction of sp³-hybridized carbons (Fsp3) is 0.440. The number of rotatable bonds is 12. The predicted molar refractivity (Wildman–Crippen MR) is 139 cm³/mol. The minimum atomic E-state index is -3.62. The number of carbonyl (C=O) groups is 2. The van der Waals surface area contributed by atoms with Crippen molar-refractivity contribution < 1.29 is 22.7 Å². The van der Waals surface area contributed by atoms with Gasteiger partial charge in [-0.05, 0) is 51.0 Å². The Labute approximate surface area is 213 Å². The van der Waals surface area contributed by atoms with Crippen LogP contribution < -0.4 is 14.4 Å². The van der Waals surface area contributed by atoms with Crippen molar-refractivity contribution in [3.8, 4) is 5.75 Å². The van der Waals surface area contributed by atoms with Gasteiger partial charge in [-0.2, -0.15) is 0 Å². The first-order chi connectivity index (χ1) is 16.5. The maximum Gasteiger partial charge on any atom is 0.242 e. The number of likely N-dealkylation sites (N-methyl/N-ethyl adjacent to an activating group) is 1. The van der Waals surface area contributed by atoms with Crippen molar-refractivity contribution in [2.24, 2.45) is 0 Å². The van der Waals surface area contributed by atoms with Crippen molar-refractivity contribution >= 4 is 39.1 Å². The maximum atomic E-state index is 13.2. The summed E-state index contributed by atoms with van der Waals surface area (Å²) in [5.74, 6) is -0.0317. The van der Waals surface area contributed by atoms with Crippen LogP contribution in [0.4, 0.5) is 5.69 Å². The third-order valence-corrected chi connectivity index (χ3v) is 7.02. The summed E-state index contributed by atoms with van der Waals surface area (Å²) in [6.07, 6.45) is 1.45. The Kier molecular flexibility index (Phi) is 10.4. The highest BCUT2D eigenvalue weighted by Crippen LogP contribution is 2.30. The Balaban J connectivity index is 2.18. The fourth-order valence-electron chi connectivity index (χ4n) is 3.73. The molecule has 1 N–H and O–H groups in total. The zero-order valence-electron chi connectivity index (χ0n) is 20.9. The van der Waals surface area contributed by atoms with Crippen LogP contribution in [0.3, 0.4) is 0 Å². The van der Waals surface area contributed by atoms with E-state index in [1.54, 1.807) is 19.1 Å². The van der Waals surface area contributed by atoms with Crippen molar-refractivity contribution in [1.29, 1.82) is 0 Å². The molecule has 10 heteroatoms. The number of anilines is 1. The number of nitrogens with one attached hydrogen (secondary N) is 1. The lowest BCUT2D eigenvalue weighted by Crippen LogP contribution is -2.47. The summed E-state index contributed by atoms with van der Waals surface area (Å²) in [7, 11) is -2.14.